The molecule has 0 aliphatic carbocycles. The Morgan fingerprint density at radius 2 is 2.00 bits per heavy atom. The van der Waals surface area contributed by atoms with E-state index in [1.165, 1.54) is 5.56 Å². The van der Waals surface area contributed by atoms with Crippen LogP contribution in [-0.2, 0) is 11.3 Å². The molecular formula is C20H24N2OS. The van der Waals surface area contributed by atoms with Gasteiger partial charge in [-0.3, -0.25) is 9.69 Å². The summed E-state index contributed by atoms with van der Waals surface area (Å²) in [5, 5.41) is 7.09. The van der Waals surface area contributed by atoms with Crippen molar-refractivity contribution in [3.63, 3.8) is 0 Å². The zero-order valence-corrected chi connectivity index (χ0v) is 14.7. The number of rotatable bonds is 6. The molecule has 1 aliphatic rings. The molecule has 1 aromatic carbocycles. The molecule has 3 nitrogen and oxygen atoms in total. The van der Waals surface area contributed by atoms with Crippen LogP contribution in [0.25, 0.3) is 6.08 Å². The van der Waals surface area contributed by atoms with Crippen molar-refractivity contribution in [2.75, 3.05) is 19.6 Å². The Balaban J connectivity index is 1.35. The SMILES string of the molecule is O=C(/C=C/c1ccsc1)NCC1CCN(Cc2ccccc2)CC1. The van der Waals surface area contributed by atoms with Crippen LogP contribution in [-0.4, -0.2) is 30.4 Å². The summed E-state index contributed by atoms with van der Waals surface area (Å²) in [5.41, 5.74) is 2.46. The molecule has 1 aromatic heterocycles. The highest BCUT2D eigenvalue weighted by Crippen LogP contribution is 2.18. The number of nitrogens with one attached hydrogen (secondary N) is 1. The van der Waals surface area contributed by atoms with E-state index in [-0.39, 0.29) is 5.91 Å². The van der Waals surface area contributed by atoms with Crippen molar-refractivity contribution in [2.45, 2.75) is 19.4 Å². The maximum absolute atomic E-state index is 11.9. The minimum atomic E-state index is 0.00733. The molecule has 2 heterocycles. The summed E-state index contributed by atoms with van der Waals surface area (Å²) in [6, 6.07) is 12.6. The Kier molecular flexibility index (Phi) is 6.21. The van der Waals surface area contributed by atoms with Crippen molar-refractivity contribution in [1.29, 1.82) is 0 Å². The van der Waals surface area contributed by atoms with Crippen LogP contribution in [0.15, 0.2) is 53.2 Å². The van der Waals surface area contributed by atoms with E-state index in [4.69, 9.17) is 0 Å². The van der Waals surface area contributed by atoms with Crippen LogP contribution in [0.5, 0.6) is 0 Å². The van der Waals surface area contributed by atoms with Crippen molar-refractivity contribution in [1.82, 2.24) is 10.2 Å². The maximum Gasteiger partial charge on any atom is 0.244 e. The van der Waals surface area contributed by atoms with Crippen LogP contribution in [0.3, 0.4) is 0 Å². The number of benzene rings is 1. The predicted molar refractivity (Wildman–Crippen MR) is 101 cm³/mol. The van der Waals surface area contributed by atoms with Crippen molar-refractivity contribution in [3.05, 3.63) is 64.4 Å². The van der Waals surface area contributed by atoms with E-state index in [1.807, 2.05) is 22.9 Å². The number of carbonyl (C=O) groups is 1. The van der Waals surface area contributed by atoms with E-state index < -0.39 is 0 Å². The van der Waals surface area contributed by atoms with Gasteiger partial charge in [0.15, 0.2) is 0 Å². The van der Waals surface area contributed by atoms with E-state index in [9.17, 15) is 4.79 Å². The molecule has 1 amide bonds. The van der Waals surface area contributed by atoms with Gasteiger partial charge in [0.2, 0.25) is 5.91 Å². The summed E-state index contributed by atoms with van der Waals surface area (Å²) < 4.78 is 0. The molecule has 1 saturated heterocycles. The second-order valence-corrected chi connectivity index (χ2v) is 7.12. The third-order valence-corrected chi connectivity index (χ3v) is 5.19. The van der Waals surface area contributed by atoms with Gasteiger partial charge in [-0.25, -0.2) is 0 Å². The van der Waals surface area contributed by atoms with Gasteiger partial charge in [0, 0.05) is 19.2 Å². The van der Waals surface area contributed by atoms with Crippen molar-refractivity contribution in [3.8, 4) is 0 Å². The first kappa shape index (κ1) is 16.9. The topological polar surface area (TPSA) is 32.3 Å². The maximum atomic E-state index is 11.9. The number of carbonyl (C=O) groups excluding carboxylic acids is 1. The predicted octanol–water partition coefficient (Wildman–Crippen LogP) is 3.79. The molecule has 1 N–H and O–H groups in total. The smallest absolute Gasteiger partial charge is 0.244 e. The minimum Gasteiger partial charge on any atom is -0.352 e. The van der Waals surface area contributed by atoms with Gasteiger partial charge >= 0.3 is 0 Å². The van der Waals surface area contributed by atoms with Gasteiger partial charge in [-0.2, -0.15) is 11.3 Å². The fourth-order valence-electron chi connectivity index (χ4n) is 3.04. The van der Waals surface area contributed by atoms with E-state index in [0.29, 0.717) is 5.92 Å². The summed E-state index contributed by atoms with van der Waals surface area (Å²) in [5.74, 6) is 0.600. The molecule has 4 heteroatoms. The van der Waals surface area contributed by atoms with Crippen LogP contribution in [0, 0.1) is 5.92 Å². The van der Waals surface area contributed by atoms with Gasteiger partial charge in [-0.15, -0.1) is 0 Å². The third-order valence-electron chi connectivity index (χ3n) is 4.49. The molecule has 3 rings (SSSR count). The molecule has 0 saturated carbocycles. The number of amides is 1. The van der Waals surface area contributed by atoms with E-state index in [1.54, 1.807) is 17.4 Å². The van der Waals surface area contributed by atoms with E-state index in [0.717, 1.165) is 44.6 Å². The normalized spacial score (nSPS) is 16.5. The first-order valence-electron chi connectivity index (χ1n) is 8.54. The van der Waals surface area contributed by atoms with Crippen molar-refractivity contribution in [2.24, 2.45) is 5.92 Å². The lowest BCUT2D eigenvalue weighted by Crippen LogP contribution is -2.38. The Labute approximate surface area is 148 Å². The molecule has 0 bridgehead atoms. The lowest BCUT2D eigenvalue weighted by molar-refractivity contribution is -0.116. The highest BCUT2D eigenvalue weighted by molar-refractivity contribution is 7.08. The highest BCUT2D eigenvalue weighted by Gasteiger charge is 2.19. The van der Waals surface area contributed by atoms with Crippen LogP contribution < -0.4 is 5.32 Å². The molecule has 0 unspecified atom stereocenters. The standard InChI is InChI=1S/C20H24N2OS/c23-20(7-6-19-10-13-24-16-19)21-14-17-8-11-22(12-9-17)15-18-4-2-1-3-5-18/h1-7,10,13,16-17H,8-9,11-12,14-15H2,(H,21,23)/b7-6+. The molecule has 0 atom stereocenters. The monoisotopic (exact) mass is 340 g/mol. The molecule has 126 valence electrons. The molecule has 2 aromatic rings. The first-order valence-corrected chi connectivity index (χ1v) is 9.48. The Morgan fingerprint density at radius 3 is 2.71 bits per heavy atom. The first-order chi connectivity index (χ1) is 11.8. The molecule has 0 radical (unpaired) electrons. The zero-order chi connectivity index (χ0) is 16.6. The molecular weight excluding hydrogens is 316 g/mol. The molecule has 0 spiro atoms. The number of hydrogen-bond donors (Lipinski definition) is 1. The molecule has 1 aliphatic heterocycles. The molecule has 1 fully saturated rings. The average molecular weight is 340 g/mol. The Morgan fingerprint density at radius 1 is 1.21 bits per heavy atom. The van der Waals surface area contributed by atoms with Crippen molar-refractivity contribution < 1.29 is 4.79 Å². The summed E-state index contributed by atoms with van der Waals surface area (Å²) in [4.78, 5) is 14.4. The average Bonchev–Trinajstić information content (AvgIpc) is 3.14. The van der Waals surface area contributed by atoms with Gasteiger partial charge < -0.3 is 5.32 Å². The number of piperidine rings is 1. The number of nitrogens with zero attached hydrogens (tertiary/aromatic N) is 1. The van der Waals surface area contributed by atoms with Crippen LogP contribution >= 0.6 is 11.3 Å². The summed E-state index contributed by atoms with van der Waals surface area (Å²) in [6.45, 7) is 4.04. The quantitative estimate of drug-likeness (QED) is 0.812. The van der Waals surface area contributed by atoms with Gasteiger partial charge in [-0.1, -0.05) is 30.3 Å². The zero-order valence-electron chi connectivity index (χ0n) is 13.9. The summed E-state index contributed by atoms with van der Waals surface area (Å²) >= 11 is 1.64. The minimum absolute atomic E-state index is 0.00733. The fourth-order valence-corrected chi connectivity index (χ4v) is 3.66. The number of hydrogen-bond acceptors (Lipinski definition) is 3. The van der Waals surface area contributed by atoms with E-state index in [2.05, 4.69) is 40.5 Å². The Hall–Kier alpha value is -1.91. The third kappa shape index (κ3) is 5.32. The summed E-state index contributed by atoms with van der Waals surface area (Å²) in [7, 11) is 0. The van der Waals surface area contributed by atoms with E-state index >= 15 is 0 Å². The van der Waals surface area contributed by atoms with Gasteiger partial charge in [-0.05, 0) is 65.9 Å². The molecule has 24 heavy (non-hydrogen) atoms. The van der Waals surface area contributed by atoms with Crippen LogP contribution in [0.2, 0.25) is 0 Å². The number of likely N-dealkylation sites (tertiary alicyclic amines) is 1. The number of thiophene rings is 1. The van der Waals surface area contributed by atoms with Crippen LogP contribution in [0.1, 0.15) is 24.0 Å². The van der Waals surface area contributed by atoms with Crippen LogP contribution in [0.4, 0.5) is 0 Å². The van der Waals surface area contributed by atoms with Crippen molar-refractivity contribution >= 4 is 23.3 Å². The fraction of sp³-hybridized carbons (Fsp3) is 0.350. The van der Waals surface area contributed by atoms with Gasteiger partial charge in [0.1, 0.15) is 0 Å². The summed E-state index contributed by atoms with van der Waals surface area (Å²) in [6.07, 6.45) is 5.81. The Bertz CT molecular complexity index is 644. The van der Waals surface area contributed by atoms with Gasteiger partial charge in [0.25, 0.3) is 0 Å². The highest BCUT2D eigenvalue weighted by atomic mass is 32.1. The second-order valence-electron chi connectivity index (χ2n) is 6.34. The van der Waals surface area contributed by atoms with Gasteiger partial charge in [0.05, 0.1) is 0 Å². The lowest BCUT2D eigenvalue weighted by Gasteiger charge is -2.32. The largest absolute Gasteiger partial charge is 0.352 e. The lowest BCUT2D eigenvalue weighted by atomic mass is 9.96. The second kappa shape index (κ2) is 8.81.